The molecule has 0 aromatic carbocycles. The van der Waals surface area contributed by atoms with Crippen molar-refractivity contribution in [2.45, 2.75) is 0 Å². The predicted molar refractivity (Wildman–Crippen MR) is 62.6 cm³/mol. The molecule has 0 saturated heterocycles. The van der Waals surface area contributed by atoms with Crippen molar-refractivity contribution < 1.29 is 47.6 Å². The fraction of sp³-hybridized carbons (Fsp3) is 0. The van der Waals surface area contributed by atoms with E-state index >= 15 is 0 Å². The van der Waals surface area contributed by atoms with Crippen LogP contribution in [0.1, 0.15) is 8.56 Å². The van der Waals surface area contributed by atoms with Gasteiger partial charge in [-0.15, -0.1) is 0 Å². The van der Waals surface area contributed by atoms with E-state index in [-0.39, 0.29) is 122 Å². The fourth-order valence-electron chi connectivity index (χ4n) is 0. The van der Waals surface area contributed by atoms with Crippen molar-refractivity contribution in [1.29, 1.82) is 0 Å². The molecule has 0 unspecified atom stereocenters. The second-order valence-electron chi connectivity index (χ2n) is 1.20. The van der Waals surface area contributed by atoms with Crippen LogP contribution in [0.3, 0.4) is 0 Å². The van der Waals surface area contributed by atoms with E-state index in [4.69, 9.17) is 39.0 Å². The van der Waals surface area contributed by atoms with Gasteiger partial charge in [0.1, 0.15) is 0 Å². The number of carboxylic acid groups (broad SMARTS) is 2. The minimum atomic E-state index is -4.64. The average molecular weight is 346 g/mol. The number of hydrogen-bond donors (Lipinski definition) is 7. The van der Waals surface area contributed by atoms with Gasteiger partial charge < -0.3 is 44.9 Å². The number of primary amides is 2. The molecule has 0 spiro atoms. The first-order valence-corrected chi connectivity index (χ1v) is 3.78. The molecule has 0 heterocycles. The maximum Gasteiger partial charge on any atom is 2.00 e. The van der Waals surface area contributed by atoms with E-state index in [0.29, 0.717) is 0 Å². The summed E-state index contributed by atoms with van der Waals surface area (Å²) in [6.45, 7) is 0. The summed E-state index contributed by atoms with van der Waals surface area (Å²) in [4.78, 5) is 39.1. The third kappa shape index (κ3) is 663. The third-order valence-corrected chi connectivity index (χ3v) is 0. The van der Waals surface area contributed by atoms with E-state index in [1.165, 1.54) is 0 Å². The summed E-state index contributed by atoms with van der Waals surface area (Å²) in [6, 6.07) is -0.833. The van der Waals surface area contributed by atoms with Gasteiger partial charge in [0, 0.05) is 0 Å². The van der Waals surface area contributed by atoms with Gasteiger partial charge in [-0.3, -0.25) is 0 Å². The zero-order chi connectivity index (χ0) is 11.7. The van der Waals surface area contributed by atoms with E-state index in [1.54, 1.807) is 0 Å². The van der Waals surface area contributed by atoms with E-state index in [0.717, 1.165) is 0 Å². The molecule has 0 aromatic rings. The van der Waals surface area contributed by atoms with Crippen molar-refractivity contribution in [2.24, 2.45) is 11.5 Å². The van der Waals surface area contributed by atoms with Crippen molar-refractivity contribution in [3.63, 3.8) is 0 Å². The monoisotopic (exact) mass is 346 g/mol. The van der Waals surface area contributed by atoms with Crippen LogP contribution in [0.2, 0.25) is 0 Å². The molecule has 0 aliphatic heterocycles. The maximum absolute atomic E-state index is 9.00. The summed E-state index contributed by atoms with van der Waals surface area (Å²) < 4.78 is 8.88. The van der Waals surface area contributed by atoms with Gasteiger partial charge in [-0.25, -0.2) is 14.2 Å². The number of amides is 2. The Hall–Kier alpha value is 2.43. The van der Waals surface area contributed by atoms with Gasteiger partial charge in [-0.1, -0.05) is 0 Å². The zero-order valence-corrected chi connectivity index (χ0v) is 15.7. The van der Waals surface area contributed by atoms with Crippen molar-refractivity contribution in [2.75, 3.05) is 0 Å². The Labute approximate surface area is 189 Å². The normalized spacial score (nSPS) is 6.69. The molecule has 0 atom stereocenters. The van der Waals surface area contributed by atoms with E-state index in [2.05, 4.69) is 11.5 Å². The van der Waals surface area contributed by atoms with Crippen LogP contribution in [0.4, 0.5) is 9.59 Å². The number of urea groups is 1. The largest absolute Gasteiger partial charge is 2.00 e. The number of nitrogens with two attached hydrogens (primary N) is 2. The van der Waals surface area contributed by atoms with Crippen molar-refractivity contribution >= 4 is 133 Å². The molecule has 0 radical (unpaired) electrons. The topological polar surface area (TPSA) is 204 Å². The molecule has 0 saturated carbocycles. The molecule has 16 heavy (non-hydrogen) atoms. The summed E-state index contributed by atoms with van der Waals surface area (Å²) in [6.07, 6.45) is -1.83. The average Bonchev–Trinajstić information content (AvgIpc) is 1.50. The predicted octanol–water partition coefficient (Wildman–Crippen LogP) is -2.15. The molecule has 9 N–H and O–H groups in total. The summed E-state index contributed by atoms with van der Waals surface area (Å²) >= 11 is 0. The standard InChI is InChI=1S/CH4N2O.CH2O3.3Ca.H3O4P.6H/c2*2-1(3)4;;;;1-5(2,3)4;;;;;;/h(H4,2,3,4);(H2,2,3,4);;;;(H3,1,2,3,4);;;;;;/q;;3*+2;;6*-1. The van der Waals surface area contributed by atoms with Gasteiger partial charge in [0.25, 0.3) is 0 Å². The van der Waals surface area contributed by atoms with Crippen LogP contribution in [0, 0.1) is 0 Å². The number of rotatable bonds is 0. The van der Waals surface area contributed by atoms with Gasteiger partial charge in [0.15, 0.2) is 0 Å². The first-order chi connectivity index (χ1) is 5.46. The van der Waals surface area contributed by atoms with Crippen molar-refractivity contribution in [3.8, 4) is 0 Å². The Morgan fingerprint density at radius 2 is 0.938 bits per heavy atom. The number of carbonyl (C=O) groups excluding carboxylic acids is 1. The van der Waals surface area contributed by atoms with Crippen molar-refractivity contribution in [1.82, 2.24) is 0 Å². The molecular formula is C2H15Ca3N2O8P. The molecular weight excluding hydrogens is 331 g/mol. The van der Waals surface area contributed by atoms with Gasteiger partial charge in [0.2, 0.25) is 0 Å². The number of hydrogen-bond acceptors (Lipinski definition) is 3. The maximum atomic E-state index is 9.00. The Morgan fingerprint density at radius 3 is 0.938 bits per heavy atom. The SMILES string of the molecule is NC(N)=O.O=C(O)O.O=P(O)(O)O.[Ca+2].[Ca+2].[Ca+2].[H-].[H-].[H-].[H-].[H-].[H-]. The van der Waals surface area contributed by atoms with E-state index < -0.39 is 20.0 Å². The van der Waals surface area contributed by atoms with E-state index in [9.17, 15) is 0 Å². The Balaban J connectivity index is -0.00000000569. The van der Waals surface area contributed by atoms with Gasteiger partial charge in [-0.05, 0) is 0 Å². The van der Waals surface area contributed by atoms with E-state index in [1.807, 2.05) is 0 Å². The van der Waals surface area contributed by atoms with Crippen LogP contribution in [0.5, 0.6) is 0 Å². The van der Waals surface area contributed by atoms with Crippen molar-refractivity contribution in [3.05, 3.63) is 0 Å². The van der Waals surface area contributed by atoms with Gasteiger partial charge in [0.05, 0.1) is 0 Å². The second kappa shape index (κ2) is 22.6. The van der Waals surface area contributed by atoms with Crippen LogP contribution >= 0.6 is 7.82 Å². The molecule has 92 valence electrons. The number of phosphoric acid groups is 1. The second-order valence-corrected chi connectivity index (χ2v) is 2.22. The Bertz CT molecular complexity index is 198. The molecule has 0 aliphatic rings. The molecule has 0 fully saturated rings. The quantitative estimate of drug-likeness (QED) is 0.190. The Morgan fingerprint density at radius 1 is 0.938 bits per heavy atom. The summed E-state index contributed by atoms with van der Waals surface area (Å²) in [5, 5.41) is 13.9. The molecule has 0 bridgehead atoms. The van der Waals surface area contributed by atoms with Crippen LogP contribution in [0.25, 0.3) is 0 Å². The summed E-state index contributed by atoms with van der Waals surface area (Å²) in [5.41, 5.74) is 8.50. The smallest absolute Gasteiger partial charge is 1.00 e. The van der Waals surface area contributed by atoms with Gasteiger partial charge in [-0.2, -0.15) is 0 Å². The Kier molecular flexibility index (Phi) is 51.2. The van der Waals surface area contributed by atoms with Gasteiger partial charge >= 0.3 is 133 Å². The molecule has 0 aromatic heterocycles. The van der Waals surface area contributed by atoms with Crippen LogP contribution < -0.4 is 11.5 Å². The molecule has 0 rings (SSSR count). The van der Waals surface area contributed by atoms with Crippen LogP contribution in [0.15, 0.2) is 0 Å². The number of carbonyl (C=O) groups is 2. The first kappa shape index (κ1) is 36.2. The minimum Gasteiger partial charge on any atom is -1.00 e. The summed E-state index contributed by atoms with van der Waals surface area (Å²) in [7, 11) is -4.64. The van der Waals surface area contributed by atoms with Crippen LogP contribution in [-0.4, -0.2) is 150 Å². The molecule has 10 nitrogen and oxygen atoms in total. The fourth-order valence-corrected chi connectivity index (χ4v) is 0. The molecule has 0 aliphatic carbocycles. The molecule has 2 amide bonds. The zero-order valence-electron chi connectivity index (χ0n) is 14.2. The van der Waals surface area contributed by atoms with Crippen LogP contribution in [-0.2, 0) is 4.57 Å². The first-order valence-electron chi connectivity index (χ1n) is 2.22. The molecule has 14 heteroatoms. The minimum absolute atomic E-state index is 0. The third-order valence-electron chi connectivity index (χ3n) is 0. The summed E-state index contributed by atoms with van der Waals surface area (Å²) in [5.74, 6) is 0.